The van der Waals surface area contributed by atoms with Gasteiger partial charge < -0.3 is 4.74 Å². The maximum atomic E-state index is 5.26. The Hall–Kier alpha value is -1.42. The smallest absolute Gasteiger partial charge is 0.134 e. The van der Waals surface area contributed by atoms with Crippen LogP contribution in [0, 0.1) is 23.2 Å². The Morgan fingerprint density at radius 2 is 1.81 bits per heavy atom. The summed E-state index contributed by atoms with van der Waals surface area (Å²) in [4.78, 5) is 0. The first-order valence-electron chi connectivity index (χ1n) is 5.59. The predicted molar refractivity (Wildman–Crippen MR) is 68.5 cm³/mol. The van der Waals surface area contributed by atoms with Crippen molar-refractivity contribution >= 4 is 0 Å². The number of ether oxygens (including phenoxy) is 1. The molecule has 1 aromatic carbocycles. The molecule has 0 aliphatic rings. The third-order valence-corrected chi connectivity index (χ3v) is 2.83. The van der Waals surface area contributed by atoms with E-state index < -0.39 is 0 Å². The lowest BCUT2D eigenvalue weighted by atomic mass is 9.82. The van der Waals surface area contributed by atoms with Crippen LogP contribution in [-0.2, 0) is 0 Å². The largest absolute Gasteiger partial charge is 0.495 e. The van der Waals surface area contributed by atoms with E-state index in [1.165, 1.54) is 0 Å². The molecule has 0 N–H and O–H groups in total. The second-order valence-electron chi connectivity index (χ2n) is 5.06. The molecule has 0 aromatic heterocycles. The second-order valence-corrected chi connectivity index (χ2v) is 5.06. The van der Waals surface area contributed by atoms with Gasteiger partial charge in [0, 0.05) is 5.92 Å². The molecular weight excluding hydrogens is 196 g/mol. The Morgan fingerprint density at radius 1 is 1.19 bits per heavy atom. The Kier molecular flexibility index (Phi) is 4.01. The third kappa shape index (κ3) is 3.31. The highest BCUT2D eigenvalue weighted by Gasteiger charge is 2.17. The minimum absolute atomic E-state index is 0.217. The Labute approximate surface area is 98.8 Å². The molecule has 0 aliphatic heterocycles. The van der Waals surface area contributed by atoms with Crippen molar-refractivity contribution in [1.82, 2.24) is 0 Å². The van der Waals surface area contributed by atoms with Gasteiger partial charge in [0.2, 0.25) is 0 Å². The number of para-hydroxylation sites is 1. The number of methoxy groups -OCH3 is 1. The molecule has 86 valence electrons. The Bertz CT molecular complexity index is 401. The summed E-state index contributed by atoms with van der Waals surface area (Å²) >= 11 is 0. The zero-order chi connectivity index (χ0) is 12.2. The molecule has 0 saturated heterocycles. The SMILES string of the molecule is COc1ccccc1C#CC(C)C(C)(C)C. The van der Waals surface area contributed by atoms with E-state index in [-0.39, 0.29) is 5.41 Å². The fourth-order valence-electron chi connectivity index (χ4n) is 1.15. The molecule has 1 unspecified atom stereocenters. The molecule has 0 heterocycles. The lowest BCUT2D eigenvalue weighted by molar-refractivity contribution is 0.324. The molecule has 0 fully saturated rings. The summed E-state index contributed by atoms with van der Waals surface area (Å²) in [7, 11) is 1.67. The van der Waals surface area contributed by atoms with Crippen LogP contribution in [0.15, 0.2) is 24.3 Å². The summed E-state index contributed by atoms with van der Waals surface area (Å²) in [5.74, 6) is 7.68. The van der Waals surface area contributed by atoms with Gasteiger partial charge in [-0.25, -0.2) is 0 Å². The van der Waals surface area contributed by atoms with Crippen LogP contribution in [0.3, 0.4) is 0 Å². The van der Waals surface area contributed by atoms with E-state index in [2.05, 4.69) is 39.5 Å². The quantitative estimate of drug-likeness (QED) is 0.650. The highest BCUT2D eigenvalue weighted by Crippen LogP contribution is 2.25. The predicted octanol–water partition coefficient (Wildman–Crippen LogP) is 3.73. The fourth-order valence-corrected chi connectivity index (χ4v) is 1.15. The number of benzene rings is 1. The molecule has 16 heavy (non-hydrogen) atoms. The summed E-state index contributed by atoms with van der Waals surface area (Å²) < 4.78 is 5.26. The van der Waals surface area contributed by atoms with Crippen LogP contribution >= 0.6 is 0 Å². The molecule has 1 atom stereocenters. The highest BCUT2D eigenvalue weighted by molar-refractivity contribution is 5.46. The second kappa shape index (κ2) is 5.07. The van der Waals surface area contributed by atoms with E-state index in [9.17, 15) is 0 Å². The Balaban J connectivity index is 2.93. The molecule has 1 aromatic rings. The zero-order valence-corrected chi connectivity index (χ0v) is 10.8. The lowest BCUT2D eigenvalue weighted by Crippen LogP contribution is -2.15. The average molecular weight is 216 g/mol. The molecule has 1 nitrogen and oxygen atoms in total. The van der Waals surface area contributed by atoms with Gasteiger partial charge in [-0.1, -0.05) is 51.7 Å². The normalized spacial score (nSPS) is 12.6. The summed E-state index contributed by atoms with van der Waals surface area (Å²) in [6.07, 6.45) is 0. The van der Waals surface area contributed by atoms with Gasteiger partial charge in [-0.3, -0.25) is 0 Å². The Morgan fingerprint density at radius 3 is 2.38 bits per heavy atom. The zero-order valence-electron chi connectivity index (χ0n) is 10.8. The molecular formula is C15H20O. The summed E-state index contributed by atoms with van der Waals surface area (Å²) in [6.45, 7) is 8.76. The topological polar surface area (TPSA) is 9.23 Å². The summed E-state index contributed by atoms with van der Waals surface area (Å²) in [5.41, 5.74) is 1.18. The first-order valence-corrected chi connectivity index (χ1v) is 5.59. The van der Waals surface area contributed by atoms with Crippen LogP contribution in [-0.4, -0.2) is 7.11 Å². The molecule has 0 spiro atoms. The molecule has 0 amide bonds. The number of rotatable bonds is 1. The fraction of sp³-hybridized carbons (Fsp3) is 0.467. The average Bonchev–Trinajstić information content (AvgIpc) is 2.24. The van der Waals surface area contributed by atoms with E-state index in [1.807, 2.05) is 24.3 Å². The molecule has 0 radical (unpaired) electrons. The van der Waals surface area contributed by atoms with Crippen molar-refractivity contribution in [3.63, 3.8) is 0 Å². The monoisotopic (exact) mass is 216 g/mol. The van der Waals surface area contributed by atoms with Crippen molar-refractivity contribution in [3.8, 4) is 17.6 Å². The number of hydrogen-bond donors (Lipinski definition) is 0. The standard InChI is InChI=1S/C15H20O/c1-12(15(2,3)4)10-11-13-8-6-7-9-14(13)16-5/h6-9,12H,1-5H3. The van der Waals surface area contributed by atoms with Gasteiger partial charge in [0.05, 0.1) is 12.7 Å². The van der Waals surface area contributed by atoms with Gasteiger partial charge in [0.1, 0.15) is 5.75 Å². The highest BCUT2D eigenvalue weighted by atomic mass is 16.5. The molecule has 0 bridgehead atoms. The molecule has 1 heteroatoms. The third-order valence-electron chi connectivity index (χ3n) is 2.83. The van der Waals surface area contributed by atoms with Crippen LogP contribution in [0.4, 0.5) is 0 Å². The van der Waals surface area contributed by atoms with Crippen LogP contribution in [0.2, 0.25) is 0 Å². The van der Waals surface area contributed by atoms with E-state index in [0.717, 1.165) is 11.3 Å². The van der Waals surface area contributed by atoms with Crippen molar-refractivity contribution in [2.75, 3.05) is 7.11 Å². The van der Waals surface area contributed by atoms with E-state index >= 15 is 0 Å². The summed E-state index contributed by atoms with van der Waals surface area (Å²) in [6, 6.07) is 7.86. The molecule has 1 rings (SSSR count). The molecule has 0 aliphatic carbocycles. The van der Waals surface area contributed by atoms with Crippen molar-refractivity contribution in [1.29, 1.82) is 0 Å². The first kappa shape index (κ1) is 12.6. The van der Waals surface area contributed by atoms with Crippen LogP contribution in [0.1, 0.15) is 33.3 Å². The molecule has 0 saturated carbocycles. The van der Waals surface area contributed by atoms with Gasteiger partial charge in [-0.15, -0.1) is 0 Å². The van der Waals surface area contributed by atoms with Gasteiger partial charge in [-0.05, 0) is 17.5 Å². The van der Waals surface area contributed by atoms with Gasteiger partial charge >= 0.3 is 0 Å². The minimum atomic E-state index is 0.217. The summed E-state index contributed by atoms with van der Waals surface area (Å²) in [5, 5.41) is 0. The van der Waals surface area contributed by atoms with Crippen molar-refractivity contribution < 1.29 is 4.74 Å². The van der Waals surface area contributed by atoms with Crippen LogP contribution in [0.5, 0.6) is 5.75 Å². The number of hydrogen-bond acceptors (Lipinski definition) is 1. The van der Waals surface area contributed by atoms with Crippen LogP contribution in [0.25, 0.3) is 0 Å². The van der Waals surface area contributed by atoms with Crippen molar-refractivity contribution in [2.24, 2.45) is 11.3 Å². The van der Waals surface area contributed by atoms with Crippen LogP contribution < -0.4 is 4.74 Å². The maximum absolute atomic E-state index is 5.26. The van der Waals surface area contributed by atoms with Gasteiger partial charge in [-0.2, -0.15) is 0 Å². The van der Waals surface area contributed by atoms with Crippen molar-refractivity contribution in [2.45, 2.75) is 27.7 Å². The van der Waals surface area contributed by atoms with E-state index in [4.69, 9.17) is 4.74 Å². The first-order chi connectivity index (χ1) is 7.45. The maximum Gasteiger partial charge on any atom is 0.134 e. The van der Waals surface area contributed by atoms with Gasteiger partial charge in [0.25, 0.3) is 0 Å². The van der Waals surface area contributed by atoms with E-state index in [1.54, 1.807) is 7.11 Å². The lowest BCUT2D eigenvalue weighted by Gasteiger charge is -2.22. The van der Waals surface area contributed by atoms with Gasteiger partial charge in [0.15, 0.2) is 0 Å². The van der Waals surface area contributed by atoms with Crippen molar-refractivity contribution in [3.05, 3.63) is 29.8 Å². The minimum Gasteiger partial charge on any atom is -0.495 e. The van der Waals surface area contributed by atoms with E-state index in [0.29, 0.717) is 5.92 Å².